The molecule has 1 aromatic rings. The number of nitrogens with one attached hydrogen (secondary N) is 1. The van der Waals surface area contributed by atoms with Crippen LogP contribution in [-0.4, -0.2) is 40.9 Å². The van der Waals surface area contributed by atoms with Crippen LogP contribution in [-0.2, 0) is 4.79 Å². The van der Waals surface area contributed by atoms with E-state index >= 15 is 0 Å². The summed E-state index contributed by atoms with van der Waals surface area (Å²) >= 11 is 1.57. The maximum Gasteiger partial charge on any atom is 0.415 e. The average Bonchev–Trinajstić information content (AvgIpc) is 3.55. The number of amidine groups is 1. The summed E-state index contributed by atoms with van der Waals surface area (Å²) < 4.78 is 5.43. The number of piperidine rings is 1. The molecule has 2 fully saturated rings. The fourth-order valence-electron chi connectivity index (χ4n) is 4.08. The maximum absolute atomic E-state index is 12.8. The lowest BCUT2D eigenvalue weighted by Crippen LogP contribution is -2.42. The molecule has 188 valence electrons. The molecule has 1 saturated heterocycles. The first-order valence-electron chi connectivity index (χ1n) is 12.6. The normalized spacial score (nSPS) is 20.1. The van der Waals surface area contributed by atoms with Crippen molar-refractivity contribution in [2.24, 2.45) is 22.2 Å². The van der Waals surface area contributed by atoms with Crippen molar-refractivity contribution in [3.63, 3.8) is 0 Å². The van der Waals surface area contributed by atoms with E-state index in [9.17, 15) is 9.59 Å². The molecule has 0 radical (unpaired) electrons. The number of amides is 2. The zero-order chi connectivity index (χ0) is 25.1. The number of likely N-dealkylation sites (tertiary alicyclic amines) is 1. The van der Waals surface area contributed by atoms with Crippen molar-refractivity contribution in [1.82, 2.24) is 10.2 Å². The molecule has 6 nitrogen and oxygen atoms in total. The lowest BCUT2D eigenvalue weighted by molar-refractivity contribution is -0.121. The van der Waals surface area contributed by atoms with Crippen LogP contribution in [0.3, 0.4) is 0 Å². The second kappa shape index (κ2) is 13.6. The molecular weight excluding hydrogens is 446 g/mol. The number of hydrogen-bond donors (Lipinski definition) is 1. The van der Waals surface area contributed by atoms with E-state index in [-0.39, 0.29) is 23.3 Å². The number of para-hydroxylation sites is 1. The molecule has 1 saturated carbocycles. The lowest BCUT2D eigenvalue weighted by atomic mass is 9.91. The van der Waals surface area contributed by atoms with Gasteiger partial charge < -0.3 is 15.0 Å². The largest absolute Gasteiger partial charge is 0.415 e. The van der Waals surface area contributed by atoms with Crippen LogP contribution in [0.4, 0.5) is 4.79 Å². The van der Waals surface area contributed by atoms with Crippen molar-refractivity contribution in [1.29, 1.82) is 0 Å². The summed E-state index contributed by atoms with van der Waals surface area (Å²) in [5.41, 5.74) is 1.07. The number of nitrogens with zero attached hydrogens (tertiary/aromatic N) is 2. The van der Waals surface area contributed by atoms with Crippen LogP contribution in [0.15, 0.2) is 47.1 Å². The molecular formula is C27H41N3O3S. The Morgan fingerprint density at radius 2 is 1.79 bits per heavy atom. The number of carbonyl (C=O) groups is 2. The standard InChI is InChI=1S/C22H27N3O3S.C3H8.C2H6/c1-15(2)18-8-13-29-20(23-18)24-19(26)17-14-22(17)9-11-25(12-10-22)21(27)28-16-6-4-3-5-7-16;1-3-2;1-2/h3-8,15,17H,9-14H2,1-2H3,(H,23,24,26);3H2,1-2H3;1-2H3. The molecule has 34 heavy (non-hydrogen) atoms. The Labute approximate surface area is 209 Å². The Kier molecular flexibility index (Phi) is 11.2. The molecule has 2 aliphatic heterocycles. The van der Waals surface area contributed by atoms with Crippen molar-refractivity contribution in [2.75, 3.05) is 18.8 Å². The molecule has 1 aliphatic carbocycles. The highest BCUT2D eigenvalue weighted by Gasteiger charge is 2.59. The second-order valence-electron chi connectivity index (χ2n) is 9.00. The highest BCUT2D eigenvalue weighted by Crippen LogP contribution is 2.59. The third-order valence-electron chi connectivity index (χ3n) is 6.04. The first kappa shape index (κ1) is 28.0. The molecule has 0 aromatic heterocycles. The van der Waals surface area contributed by atoms with Gasteiger partial charge in [-0.2, -0.15) is 0 Å². The van der Waals surface area contributed by atoms with Gasteiger partial charge in [0.2, 0.25) is 5.91 Å². The molecule has 1 spiro atoms. The van der Waals surface area contributed by atoms with E-state index in [1.807, 2.05) is 32.0 Å². The third kappa shape index (κ3) is 7.62. The number of allylic oxidation sites excluding steroid dienone is 1. The van der Waals surface area contributed by atoms with Crippen molar-refractivity contribution in [3.05, 3.63) is 42.1 Å². The monoisotopic (exact) mass is 487 g/mol. The van der Waals surface area contributed by atoms with Gasteiger partial charge in [0.15, 0.2) is 5.17 Å². The topological polar surface area (TPSA) is 71.0 Å². The molecule has 0 bridgehead atoms. The molecule has 3 aliphatic rings. The van der Waals surface area contributed by atoms with Crippen molar-refractivity contribution in [2.45, 2.75) is 67.2 Å². The molecule has 1 atom stereocenters. The van der Waals surface area contributed by atoms with Crippen LogP contribution >= 0.6 is 11.8 Å². The summed E-state index contributed by atoms with van der Waals surface area (Å²) in [5, 5.41) is 3.75. The smallest absolute Gasteiger partial charge is 0.410 e. The Morgan fingerprint density at radius 1 is 1.18 bits per heavy atom. The van der Waals surface area contributed by atoms with Crippen LogP contribution in [0.1, 0.15) is 67.2 Å². The summed E-state index contributed by atoms with van der Waals surface area (Å²) in [6, 6.07) is 9.12. The van der Waals surface area contributed by atoms with Crippen LogP contribution in [0.2, 0.25) is 0 Å². The first-order chi connectivity index (χ1) is 16.4. The van der Waals surface area contributed by atoms with Crippen LogP contribution in [0.5, 0.6) is 5.75 Å². The van der Waals surface area contributed by atoms with E-state index in [1.165, 1.54) is 6.42 Å². The number of aliphatic imine (C=N–C) groups is 1. The summed E-state index contributed by atoms with van der Waals surface area (Å²) in [4.78, 5) is 31.4. The fourth-order valence-corrected chi connectivity index (χ4v) is 4.84. The van der Waals surface area contributed by atoms with Crippen molar-refractivity contribution in [3.8, 4) is 5.75 Å². The molecule has 7 heteroatoms. The van der Waals surface area contributed by atoms with Crippen molar-refractivity contribution < 1.29 is 14.3 Å². The van der Waals surface area contributed by atoms with Gasteiger partial charge in [0.05, 0.1) is 0 Å². The molecule has 2 heterocycles. The summed E-state index contributed by atoms with van der Waals surface area (Å²) in [7, 11) is 0. The number of ether oxygens (including phenoxy) is 1. The highest BCUT2D eigenvalue weighted by molar-refractivity contribution is 8.14. The van der Waals surface area contributed by atoms with Crippen LogP contribution in [0, 0.1) is 17.3 Å². The van der Waals surface area contributed by atoms with Crippen LogP contribution < -0.4 is 10.1 Å². The fraction of sp³-hybridized carbons (Fsp3) is 0.593. The summed E-state index contributed by atoms with van der Waals surface area (Å²) in [6.07, 6.45) is 5.63. The van der Waals surface area contributed by atoms with Crippen molar-refractivity contribution >= 4 is 28.9 Å². The van der Waals surface area contributed by atoms with Crippen LogP contribution in [0.25, 0.3) is 0 Å². The van der Waals surface area contributed by atoms with E-state index in [0.717, 1.165) is 30.7 Å². The summed E-state index contributed by atoms with van der Waals surface area (Å²) in [5.74, 6) is 1.85. The minimum absolute atomic E-state index is 0.0199. The summed E-state index contributed by atoms with van der Waals surface area (Å²) in [6.45, 7) is 13.7. The molecule has 2 amide bonds. The minimum Gasteiger partial charge on any atom is -0.410 e. The number of hydrogen-bond acceptors (Lipinski definition) is 5. The predicted octanol–water partition coefficient (Wildman–Crippen LogP) is 6.49. The van der Waals surface area contributed by atoms with Gasteiger partial charge in [0, 0.05) is 30.5 Å². The Balaban J connectivity index is 0.000000758. The molecule has 1 aromatic carbocycles. The third-order valence-corrected chi connectivity index (χ3v) is 6.84. The zero-order valence-electron chi connectivity index (χ0n) is 21.6. The number of carbonyl (C=O) groups excluding carboxylic acids is 2. The van der Waals surface area contributed by atoms with Gasteiger partial charge in [0.25, 0.3) is 0 Å². The van der Waals surface area contributed by atoms with Gasteiger partial charge in [-0.3, -0.25) is 4.79 Å². The minimum atomic E-state index is -0.311. The van der Waals surface area contributed by atoms with Gasteiger partial charge in [-0.15, -0.1) is 0 Å². The van der Waals surface area contributed by atoms with E-state index in [1.54, 1.807) is 28.8 Å². The van der Waals surface area contributed by atoms with Gasteiger partial charge in [-0.1, -0.05) is 84.0 Å². The van der Waals surface area contributed by atoms with E-state index in [0.29, 0.717) is 29.9 Å². The molecule has 1 unspecified atom stereocenters. The van der Waals surface area contributed by atoms with E-state index in [4.69, 9.17) is 4.74 Å². The zero-order valence-corrected chi connectivity index (χ0v) is 22.4. The Morgan fingerprint density at radius 3 is 2.38 bits per heavy atom. The Hall–Kier alpha value is -2.28. The van der Waals surface area contributed by atoms with Gasteiger partial charge >= 0.3 is 6.09 Å². The number of benzene rings is 1. The van der Waals surface area contributed by atoms with Gasteiger partial charge in [-0.25, -0.2) is 9.79 Å². The SMILES string of the molecule is CC.CC(C)C1=CCSC(NC(=O)C2CC23CCN(C(=O)Oc2ccccc2)CC3)=N1.CCC. The quantitative estimate of drug-likeness (QED) is 0.529. The average molecular weight is 488 g/mol. The second-order valence-corrected chi connectivity index (χ2v) is 10.0. The molecule has 4 rings (SSSR count). The van der Waals surface area contributed by atoms with Gasteiger partial charge in [-0.05, 0) is 42.7 Å². The van der Waals surface area contributed by atoms with Gasteiger partial charge in [0.1, 0.15) is 5.75 Å². The molecule has 1 N–H and O–H groups in total. The van der Waals surface area contributed by atoms with E-state index in [2.05, 4.69) is 44.1 Å². The predicted molar refractivity (Wildman–Crippen MR) is 142 cm³/mol. The maximum atomic E-state index is 12.8. The first-order valence-corrected chi connectivity index (χ1v) is 13.6. The Bertz CT molecular complexity index is 859. The lowest BCUT2D eigenvalue weighted by Gasteiger charge is -2.32. The number of thioether (sulfide) groups is 1. The van der Waals surface area contributed by atoms with E-state index < -0.39 is 0 Å². The highest BCUT2D eigenvalue weighted by atomic mass is 32.2. The number of rotatable bonds is 3.